The lowest BCUT2D eigenvalue weighted by Gasteiger charge is -2.23. The molecule has 1 aliphatic carbocycles. The molecule has 0 unspecified atom stereocenters. The van der Waals surface area contributed by atoms with Gasteiger partial charge in [-0.25, -0.2) is 4.79 Å². The van der Waals surface area contributed by atoms with Crippen LogP contribution in [0.25, 0.3) is 0 Å². The molecule has 0 radical (unpaired) electrons. The van der Waals surface area contributed by atoms with Gasteiger partial charge in [0.2, 0.25) is 0 Å². The molecule has 22 heavy (non-hydrogen) atoms. The van der Waals surface area contributed by atoms with Gasteiger partial charge in [0.1, 0.15) is 12.3 Å². The van der Waals surface area contributed by atoms with Crippen LogP contribution in [0.2, 0.25) is 0 Å². The van der Waals surface area contributed by atoms with Gasteiger partial charge in [0, 0.05) is 5.56 Å². The van der Waals surface area contributed by atoms with Crippen molar-refractivity contribution in [3.8, 4) is 0 Å². The summed E-state index contributed by atoms with van der Waals surface area (Å²) in [5, 5.41) is 2.74. The van der Waals surface area contributed by atoms with Gasteiger partial charge in [0.15, 0.2) is 0 Å². The average Bonchev–Trinajstić information content (AvgIpc) is 3.02. The molecule has 1 N–H and O–H groups in total. The van der Waals surface area contributed by atoms with Gasteiger partial charge >= 0.3 is 5.97 Å². The minimum Gasteiger partial charge on any atom is -0.464 e. The maximum absolute atomic E-state index is 12.3. The quantitative estimate of drug-likeness (QED) is 0.643. The summed E-state index contributed by atoms with van der Waals surface area (Å²) in [6, 6.07) is 7.95. The molecular formula is C17H19NO4. The number of aldehydes is 1. The van der Waals surface area contributed by atoms with E-state index in [-0.39, 0.29) is 18.4 Å². The molecule has 1 aromatic rings. The van der Waals surface area contributed by atoms with E-state index < -0.39 is 12.0 Å². The zero-order valence-corrected chi connectivity index (χ0v) is 12.5. The van der Waals surface area contributed by atoms with Gasteiger partial charge in [-0.05, 0) is 43.4 Å². The molecule has 0 heterocycles. The first-order valence-electron chi connectivity index (χ1n) is 7.32. The number of ether oxygens (including phenoxy) is 1. The molecule has 2 rings (SSSR count). The van der Waals surface area contributed by atoms with Crippen molar-refractivity contribution in [2.45, 2.75) is 25.8 Å². The monoisotopic (exact) mass is 301 g/mol. The molecule has 5 nitrogen and oxygen atoms in total. The SMILES string of the molecule is CCOC(=O)[C@@H](NC(=O)c1ccccc1)[C@@H]1CC=C(C=O)C1. The number of allylic oxidation sites excluding steroid dienone is 2. The highest BCUT2D eigenvalue weighted by Crippen LogP contribution is 2.27. The third-order valence-electron chi connectivity index (χ3n) is 3.67. The van der Waals surface area contributed by atoms with E-state index in [1.807, 2.05) is 6.07 Å². The standard InChI is InChI=1S/C17H19NO4/c1-2-22-17(21)15(14-9-8-12(10-14)11-19)18-16(20)13-6-4-3-5-7-13/h3-8,11,14-15H,2,9-10H2,1H3,(H,18,20)/t14-,15+/m1/s1. The highest BCUT2D eigenvalue weighted by Gasteiger charge is 2.33. The predicted molar refractivity (Wildman–Crippen MR) is 81.2 cm³/mol. The van der Waals surface area contributed by atoms with Gasteiger partial charge in [-0.15, -0.1) is 0 Å². The van der Waals surface area contributed by atoms with Crippen LogP contribution in [-0.4, -0.2) is 30.8 Å². The van der Waals surface area contributed by atoms with E-state index in [0.29, 0.717) is 24.0 Å². The Balaban J connectivity index is 2.10. The first-order chi connectivity index (χ1) is 10.7. The molecule has 0 fully saturated rings. The topological polar surface area (TPSA) is 72.5 Å². The van der Waals surface area contributed by atoms with Gasteiger partial charge in [-0.1, -0.05) is 24.3 Å². The second-order valence-electron chi connectivity index (χ2n) is 5.17. The first kappa shape index (κ1) is 15.9. The van der Waals surface area contributed by atoms with Gasteiger partial charge in [0.25, 0.3) is 5.91 Å². The van der Waals surface area contributed by atoms with Crippen LogP contribution in [0.1, 0.15) is 30.1 Å². The summed E-state index contributed by atoms with van der Waals surface area (Å²) >= 11 is 0. The van der Waals surface area contributed by atoms with E-state index in [1.165, 1.54) is 0 Å². The third-order valence-corrected chi connectivity index (χ3v) is 3.67. The summed E-state index contributed by atoms with van der Waals surface area (Å²) in [7, 11) is 0. The van der Waals surface area contributed by atoms with Crippen LogP contribution in [0.15, 0.2) is 42.0 Å². The summed E-state index contributed by atoms with van der Waals surface area (Å²) in [6.45, 7) is 1.97. The molecule has 1 aromatic carbocycles. The average molecular weight is 301 g/mol. The summed E-state index contributed by atoms with van der Waals surface area (Å²) in [5.74, 6) is -0.928. The van der Waals surface area contributed by atoms with E-state index in [1.54, 1.807) is 37.3 Å². The lowest BCUT2D eigenvalue weighted by atomic mass is 9.95. The Kier molecular flexibility index (Phi) is 5.47. The Morgan fingerprint density at radius 3 is 2.68 bits per heavy atom. The Morgan fingerprint density at radius 2 is 2.09 bits per heavy atom. The first-order valence-corrected chi connectivity index (χ1v) is 7.32. The fraction of sp³-hybridized carbons (Fsp3) is 0.353. The van der Waals surface area contributed by atoms with Gasteiger partial charge in [0.05, 0.1) is 6.61 Å². The Morgan fingerprint density at radius 1 is 1.36 bits per heavy atom. The molecule has 116 valence electrons. The van der Waals surface area contributed by atoms with Gasteiger partial charge < -0.3 is 10.1 Å². The van der Waals surface area contributed by atoms with Crippen molar-refractivity contribution in [1.82, 2.24) is 5.32 Å². The number of amides is 1. The predicted octanol–water partition coefficient (Wildman–Crippen LogP) is 1.88. The third kappa shape index (κ3) is 3.81. The van der Waals surface area contributed by atoms with E-state index in [2.05, 4.69) is 5.32 Å². The molecule has 5 heteroatoms. The Hall–Kier alpha value is -2.43. The minimum atomic E-state index is -0.749. The second kappa shape index (κ2) is 7.54. The molecular weight excluding hydrogens is 282 g/mol. The van der Waals surface area contributed by atoms with E-state index in [0.717, 1.165) is 6.29 Å². The van der Waals surface area contributed by atoms with Gasteiger partial charge in [-0.2, -0.15) is 0 Å². The van der Waals surface area contributed by atoms with E-state index in [9.17, 15) is 14.4 Å². The van der Waals surface area contributed by atoms with Crippen LogP contribution in [0.4, 0.5) is 0 Å². The molecule has 0 bridgehead atoms. The lowest BCUT2D eigenvalue weighted by Crippen LogP contribution is -2.46. The number of nitrogens with one attached hydrogen (secondary N) is 1. The smallest absolute Gasteiger partial charge is 0.328 e. The fourth-order valence-corrected chi connectivity index (χ4v) is 2.54. The Labute approximate surface area is 129 Å². The normalized spacial score (nSPS) is 18.2. The van der Waals surface area contributed by atoms with Crippen LogP contribution < -0.4 is 5.32 Å². The van der Waals surface area contributed by atoms with Crippen molar-refractivity contribution < 1.29 is 19.1 Å². The number of esters is 1. The number of hydrogen-bond donors (Lipinski definition) is 1. The van der Waals surface area contributed by atoms with Crippen molar-refractivity contribution in [1.29, 1.82) is 0 Å². The number of rotatable bonds is 6. The van der Waals surface area contributed by atoms with E-state index in [4.69, 9.17) is 4.74 Å². The largest absolute Gasteiger partial charge is 0.464 e. The number of carbonyl (C=O) groups excluding carboxylic acids is 3. The number of hydrogen-bond acceptors (Lipinski definition) is 4. The molecule has 0 aromatic heterocycles. The summed E-state index contributed by atoms with van der Waals surface area (Å²) in [6.07, 6.45) is 3.65. The summed E-state index contributed by atoms with van der Waals surface area (Å²) in [5.41, 5.74) is 1.15. The molecule has 0 spiro atoms. The number of carbonyl (C=O) groups is 3. The maximum Gasteiger partial charge on any atom is 0.328 e. The highest BCUT2D eigenvalue weighted by molar-refractivity contribution is 5.96. The van der Waals surface area contributed by atoms with Crippen LogP contribution in [0, 0.1) is 5.92 Å². The fourth-order valence-electron chi connectivity index (χ4n) is 2.54. The lowest BCUT2D eigenvalue weighted by molar-refractivity contribution is -0.146. The van der Waals surface area contributed by atoms with Crippen molar-refractivity contribution in [3.05, 3.63) is 47.5 Å². The van der Waals surface area contributed by atoms with Crippen LogP contribution in [0.5, 0.6) is 0 Å². The Bertz CT molecular complexity index is 580. The minimum absolute atomic E-state index is 0.146. The molecule has 1 amide bonds. The van der Waals surface area contributed by atoms with Crippen LogP contribution in [-0.2, 0) is 14.3 Å². The molecule has 2 atom stereocenters. The van der Waals surface area contributed by atoms with E-state index >= 15 is 0 Å². The maximum atomic E-state index is 12.3. The van der Waals surface area contributed by atoms with Gasteiger partial charge in [-0.3, -0.25) is 9.59 Å². The molecule has 0 saturated heterocycles. The van der Waals surface area contributed by atoms with Crippen molar-refractivity contribution in [2.24, 2.45) is 5.92 Å². The molecule has 0 aliphatic heterocycles. The van der Waals surface area contributed by atoms with Crippen molar-refractivity contribution in [3.63, 3.8) is 0 Å². The van der Waals surface area contributed by atoms with Crippen LogP contribution in [0.3, 0.4) is 0 Å². The molecule has 1 aliphatic rings. The summed E-state index contributed by atoms with van der Waals surface area (Å²) in [4.78, 5) is 35.3. The molecule has 0 saturated carbocycles. The number of benzene rings is 1. The highest BCUT2D eigenvalue weighted by atomic mass is 16.5. The summed E-state index contributed by atoms with van der Waals surface area (Å²) < 4.78 is 5.06. The van der Waals surface area contributed by atoms with Crippen LogP contribution >= 0.6 is 0 Å². The second-order valence-corrected chi connectivity index (χ2v) is 5.17. The zero-order chi connectivity index (χ0) is 15.9. The van der Waals surface area contributed by atoms with Crippen molar-refractivity contribution >= 4 is 18.2 Å². The zero-order valence-electron chi connectivity index (χ0n) is 12.5. The van der Waals surface area contributed by atoms with Crippen molar-refractivity contribution in [2.75, 3.05) is 6.61 Å².